The average molecular weight is 235 g/mol. The minimum absolute atomic E-state index is 0.0297. The lowest BCUT2D eigenvalue weighted by Gasteiger charge is -2.04. The molecule has 2 rings (SSSR count). The molecular formula is C11H13N3OS. The zero-order valence-electron chi connectivity index (χ0n) is 8.77. The van der Waals surface area contributed by atoms with Crippen LogP contribution in [0.15, 0.2) is 29.3 Å². The van der Waals surface area contributed by atoms with Crippen LogP contribution in [0.25, 0.3) is 0 Å². The standard InChI is InChI=1S/C11H13N3OS/c12-9-3-1-8(2-4-9)7-10(15)14-11-13-5-6-16-11/h1-4H,5-7,12H2,(H,13,14,15). The summed E-state index contributed by atoms with van der Waals surface area (Å²) in [5.74, 6) is 0.926. The number of hydrogen-bond donors (Lipinski definition) is 2. The van der Waals surface area contributed by atoms with E-state index < -0.39 is 0 Å². The van der Waals surface area contributed by atoms with Crippen LogP contribution in [-0.2, 0) is 11.2 Å². The first-order valence-corrected chi connectivity index (χ1v) is 6.04. The van der Waals surface area contributed by atoms with Crippen molar-refractivity contribution in [3.8, 4) is 0 Å². The SMILES string of the molecule is Nc1ccc(CC(=O)NC2=NCCS2)cc1. The second-order valence-corrected chi connectivity index (χ2v) is 4.59. The summed E-state index contributed by atoms with van der Waals surface area (Å²) in [5.41, 5.74) is 7.23. The number of nitrogens with two attached hydrogens (primary N) is 1. The van der Waals surface area contributed by atoms with Crippen LogP contribution in [0, 0.1) is 0 Å². The van der Waals surface area contributed by atoms with Crippen LogP contribution in [0.3, 0.4) is 0 Å². The number of carbonyl (C=O) groups excluding carboxylic acids is 1. The van der Waals surface area contributed by atoms with E-state index >= 15 is 0 Å². The number of aliphatic imine (C=N–C) groups is 1. The summed E-state index contributed by atoms with van der Waals surface area (Å²) in [6, 6.07) is 7.31. The Kier molecular flexibility index (Phi) is 3.46. The first-order valence-electron chi connectivity index (χ1n) is 5.05. The average Bonchev–Trinajstić information content (AvgIpc) is 2.74. The van der Waals surface area contributed by atoms with Crippen molar-refractivity contribution < 1.29 is 4.79 Å². The molecule has 0 unspecified atom stereocenters. The molecular weight excluding hydrogens is 222 g/mol. The summed E-state index contributed by atoms with van der Waals surface area (Å²) >= 11 is 1.58. The highest BCUT2D eigenvalue weighted by atomic mass is 32.2. The highest BCUT2D eigenvalue weighted by Crippen LogP contribution is 2.10. The smallest absolute Gasteiger partial charge is 0.230 e. The molecule has 16 heavy (non-hydrogen) atoms. The third-order valence-corrected chi connectivity index (χ3v) is 3.07. The first kappa shape index (κ1) is 11.0. The highest BCUT2D eigenvalue weighted by molar-refractivity contribution is 8.14. The van der Waals surface area contributed by atoms with Crippen LogP contribution in [0.5, 0.6) is 0 Å². The van der Waals surface area contributed by atoms with Gasteiger partial charge in [0.05, 0.1) is 13.0 Å². The summed E-state index contributed by atoms with van der Waals surface area (Å²) < 4.78 is 0. The van der Waals surface area contributed by atoms with Gasteiger partial charge in [0.15, 0.2) is 5.17 Å². The van der Waals surface area contributed by atoms with E-state index in [0.717, 1.165) is 23.0 Å². The largest absolute Gasteiger partial charge is 0.399 e. The van der Waals surface area contributed by atoms with Crippen molar-refractivity contribution in [1.29, 1.82) is 0 Å². The van der Waals surface area contributed by atoms with Gasteiger partial charge in [-0.15, -0.1) is 0 Å². The topological polar surface area (TPSA) is 67.5 Å². The summed E-state index contributed by atoms with van der Waals surface area (Å²) in [4.78, 5) is 15.8. The monoisotopic (exact) mass is 235 g/mol. The zero-order chi connectivity index (χ0) is 11.4. The number of nitrogens with one attached hydrogen (secondary N) is 1. The quantitative estimate of drug-likeness (QED) is 0.752. The summed E-state index contributed by atoms with van der Waals surface area (Å²) in [6.07, 6.45) is 0.361. The van der Waals surface area contributed by atoms with Crippen LogP contribution < -0.4 is 11.1 Å². The molecule has 1 aliphatic heterocycles. The van der Waals surface area contributed by atoms with Crippen molar-refractivity contribution in [2.45, 2.75) is 6.42 Å². The Balaban J connectivity index is 1.89. The van der Waals surface area contributed by atoms with Crippen LogP contribution in [0.2, 0.25) is 0 Å². The van der Waals surface area contributed by atoms with Gasteiger partial charge in [-0.3, -0.25) is 9.79 Å². The van der Waals surface area contributed by atoms with Crippen molar-refractivity contribution in [2.75, 3.05) is 18.0 Å². The fourth-order valence-electron chi connectivity index (χ4n) is 1.40. The molecule has 0 aliphatic carbocycles. The lowest BCUT2D eigenvalue weighted by molar-refractivity contribution is -0.119. The number of benzene rings is 1. The molecule has 4 nitrogen and oxygen atoms in total. The molecule has 1 aromatic carbocycles. The Bertz CT molecular complexity index is 414. The van der Waals surface area contributed by atoms with E-state index in [4.69, 9.17) is 5.73 Å². The van der Waals surface area contributed by atoms with E-state index in [1.165, 1.54) is 0 Å². The number of rotatable bonds is 2. The molecule has 1 amide bonds. The molecule has 0 saturated carbocycles. The number of hydrogen-bond acceptors (Lipinski definition) is 4. The van der Waals surface area contributed by atoms with Crippen molar-refractivity contribution in [1.82, 2.24) is 5.32 Å². The third kappa shape index (κ3) is 3.00. The van der Waals surface area contributed by atoms with Gasteiger partial charge in [0.2, 0.25) is 5.91 Å². The van der Waals surface area contributed by atoms with E-state index in [-0.39, 0.29) is 5.91 Å². The molecule has 0 aromatic heterocycles. The fraction of sp³-hybridized carbons (Fsp3) is 0.273. The maximum atomic E-state index is 11.6. The van der Waals surface area contributed by atoms with Crippen molar-refractivity contribution in [2.24, 2.45) is 4.99 Å². The van der Waals surface area contributed by atoms with Gasteiger partial charge in [-0.25, -0.2) is 0 Å². The van der Waals surface area contributed by atoms with Gasteiger partial charge < -0.3 is 11.1 Å². The van der Waals surface area contributed by atoms with Crippen LogP contribution in [0.4, 0.5) is 5.69 Å². The number of thioether (sulfide) groups is 1. The van der Waals surface area contributed by atoms with Gasteiger partial charge in [0.25, 0.3) is 0 Å². The van der Waals surface area contributed by atoms with Crippen LogP contribution in [-0.4, -0.2) is 23.4 Å². The maximum Gasteiger partial charge on any atom is 0.230 e. The molecule has 0 saturated heterocycles. The van der Waals surface area contributed by atoms with Gasteiger partial charge in [-0.1, -0.05) is 23.9 Å². The Labute approximate surface area is 98.3 Å². The predicted molar refractivity (Wildman–Crippen MR) is 67.5 cm³/mol. The molecule has 1 aromatic rings. The minimum Gasteiger partial charge on any atom is -0.399 e. The number of carbonyl (C=O) groups is 1. The van der Waals surface area contributed by atoms with E-state index in [0.29, 0.717) is 12.1 Å². The third-order valence-electron chi connectivity index (χ3n) is 2.18. The number of amidine groups is 1. The second kappa shape index (κ2) is 5.03. The fourth-order valence-corrected chi connectivity index (χ4v) is 2.14. The lowest BCUT2D eigenvalue weighted by atomic mass is 10.1. The molecule has 0 fully saturated rings. The molecule has 0 spiro atoms. The predicted octanol–water partition coefficient (Wildman–Crippen LogP) is 1.03. The highest BCUT2D eigenvalue weighted by Gasteiger charge is 2.10. The van der Waals surface area contributed by atoms with Gasteiger partial charge in [-0.2, -0.15) is 0 Å². The number of amides is 1. The molecule has 1 aliphatic rings. The molecule has 1 heterocycles. The number of anilines is 1. The van der Waals surface area contributed by atoms with Gasteiger partial charge >= 0.3 is 0 Å². The first-order chi connectivity index (χ1) is 7.74. The molecule has 3 N–H and O–H groups in total. The minimum atomic E-state index is -0.0297. The maximum absolute atomic E-state index is 11.6. The summed E-state index contributed by atoms with van der Waals surface area (Å²) in [5, 5.41) is 3.52. The van der Waals surface area contributed by atoms with Crippen LogP contribution >= 0.6 is 11.8 Å². The van der Waals surface area contributed by atoms with E-state index in [9.17, 15) is 4.79 Å². The van der Waals surface area contributed by atoms with Crippen molar-refractivity contribution in [3.05, 3.63) is 29.8 Å². The molecule has 84 valence electrons. The molecule has 0 bridgehead atoms. The Morgan fingerprint density at radius 2 is 2.19 bits per heavy atom. The van der Waals surface area contributed by atoms with Crippen molar-refractivity contribution in [3.63, 3.8) is 0 Å². The second-order valence-electron chi connectivity index (χ2n) is 3.50. The molecule has 5 heteroatoms. The number of nitrogens with zero attached hydrogens (tertiary/aromatic N) is 1. The Morgan fingerprint density at radius 3 is 2.81 bits per heavy atom. The van der Waals surface area contributed by atoms with Gasteiger partial charge in [0, 0.05) is 11.4 Å². The van der Waals surface area contributed by atoms with Gasteiger partial charge in [0.1, 0.15) is 0 Å². The van der Waals surface area contributed by atoms with Crippen molar-refractivity contribution >= 4 is 28.5 Å². The van der Waals surface area contributed by atoms with Crippen LogP contribution in [0.1, 0.15) is 5.56 Å². The van der Waals surface area contributed by atoms with E-state index in [2.05, 4.69) is 10.3 Å². The normalized spacial score (nSPS) is 14.6. The zero-order valence-corrected chi connectivity index (χ0v) is 9.59. The Morgan fingerprint density at radius 1 is 1.44 bits per heavy atom. The summed E-state index contributed by atoms with van der Waals surface area (Å²) in [6.45, 7) is 0.794. The molecule has 0 radical (unpaired) electrons. The van der Waals surface area contributed by atoms with E-state index in [1.54, 1.807) is 23.9 Å². The summed E-state index contributed by atoms with van der Waals surface area (Å²) in [7, 11) is 0. The number of nitrogen functional groups attached to an aromatic ring is 1. The van der Waals surface area contributed by atoms with E-state index in [1.807, 2.05) is 12.1 Å². The molecule has 0 atom stereocenters. The Hall–Kier alpha value is -1.49. The lowest BCUT2D eigenvalue weighted by Crippen LogP contribution is -2.28. The van der Waals surface area contributed by atoms with Gasteiger partial charge in [-0.05, 0) is 17.7 Å².